The Kier molecular flexibility index (Phi) is 5.72. The van der Waals surface area contributed by atoms with E-state index in [0.29, 0.717) is 6.61 Å². The van der Waals surface area contributed by atoms with E-state index < -0.39 is 0 Å². The van der Waals surface area contributed by atoms with E-state index in [1.54, 1.807) is 7.11 Å². The summed E-state index contributed by atoms with van der Waals surface area (Å²) in [5.41, 5.74) is 6.90. The van der Waals surface area contributed by atoms with Crippen LogP contribution < -0.4 is 5.73 Å². The van der Waals surface area contributed by atoms with Gasteiger partial charge in [-0.1, -0.05) is 30.3 Å². The van der Waals surface area contributed by atoms with Crippen LogP contribution in [-0.4, -0.2) is 13.7 Å². The fraction of sp³-hybridized carbons (Fsp3) is 0.333. The van der Waals surface area contributed by atoms with Crippen LogP contribution in [0.5, 0.6) is 0 Å². The zero-order chi connectivity index (χ0) is 8.10. The number of rotatable bonds is 3. The Balaban J connectivity index is 0.00000121. The van der Waals surface area contributed by atoms with Crippen molar-refractivity contribution in [3.05, 3.63) is 35.9 Å². The molecule has 2 nitrogen and oxygen atoms in total. The number of halogens is 1. The first-order chi connectivity index (χ1) is 5.34. The smallest absolute Gasteiger partial charge is 0.0655 e. The molecule has 0 bridgehead atoms. The van der Waals surface area contributed by atoms with Crippen molar-refractivity contribution in [2.75, 3.05) is 13.7 Å². The maximum absolute atomic E-state index is 5.78. The first kappa shape index (κ1) is 11.4. The molecule has 0 saturated heterocycles. The summed E-state index contributed by atoms with van der Waals surface area (Å²) < 4.78 is 4.93. The van der Waals surface area contributed by atoms with Gasteiger partial charge < -0.3 is 10.5 Å². The average molecular weight is 188 g/mol. The average Bonchev–Trinajstić information content (AvgIpc) is 2.07. The molecule has 0 heterocycles. The summed E-state index contributed by atoms with van der Waals surface area (Å²) in [5.74, 6) is 0. The second-order valence-electron chi connectivity index (χ2n) is 2.47. The maximum atomic E-state index is 5.78. The lowest BCUT2D eigenvalue weighted by Gasteiger charge is -2.09. The van der Waals surface area contributed by atoms with Crippen LogP contribution in [-0.2, 0) is 4.74 Å². The van der Waals surface area contributed by atoms with Crippen LogP contribution in [0.3, 0.4) is 0 Å². The van der Waals surface area contributed by atoms with Gasteiger partial charge in [-0.3, -0.25) is 0 Å². The van der Waals surface area contributed by atoms with Gasteiger partial charge >= 0.3 is 0 Å². The highest BCUT2D eigenvalue weighted by molar-refractivity contribution is 5.85. The summed E-state index contributed by atoms with van der Waals surface area (Å²) in [7, 11) is 1.66. The molecule has 2 N–H and O–H groups in total. The van der Waals surface area contributed by atoms with Gasteiger partial charge in [0.05, 0.1) is 12.6 Å². The Morgan fingerprint density at radius 2 is 1.92 bits per heavy atom. The largest absolute Gasteiger partial charge is 0.383 e. The Bertz CT molecular complexity index is 203. The molecule has 1 rings (SSSR count). The van der Waals surface area contributed by atoms with Gasteiger partial charge in [0.25, 0.3) is 0 Å². The number of ether oxygens (including phenoxy) is 1. The van der Waals surface area contributed by atoms with E-state index in [1.807, 2.05) is 30.3 Å². The van der Waals surface area contributed by atoms with E-state index in [4.69, 9.17) is 10.5 Å². The maximum Gasteiger partial charge on any atom is 0.0655 e. The van der Waals surface area contributed by atoms with Gasteiger partial charge in [0, 0.05) is 7.11 Å². The third-order valence-corrected chi connectivity index (χ3v) is 1.57. The van der Waals surface area contributed by atoms with Gasteiger partial charge in [0.2, 0.25) is 0 Å². The van der Waals surface area contributed by atoms with Crippen LogP contribution in [0.2, 0.25) is 0 Å². The molecule has 0 amide bonds. The number of hydrogen-bond donors (Lipinski definition) is 1. The summed E-state index contributed by atoms with van der Waals surface area (Å²) in [6, 6.07) is 9.94. The predicted octanol–water partition coefficient (Wildman–Crippen LogP) is 1.75. The van der Waals surface area contributed by atoms with Gasteiger partial charge in [-0.05, 0) is 5.56 Å². The molecule has 1 aromatic rings. The third kappa shape index (κ3) is 3.22. The van der Waals surface area contributed by atoms with E-state index in [9.17, 15) is 0 Å². The molecule has 0 aliphatic heterocycles. The molecule has 0 aliphatic carbocycles. The minimum absolute atomic E-state index is 0. The summed E-state index contributed by atoms with van der Waals surface area (Å²) in [4.78, 5) is 0. The quantitative estimate of drug-likeness (QED) is 0.783. The molecule has 3 heteroatoms. The minimum atomic E-state index is 0. The first-order valence-corrected chi connectivity index (χ1v) is 3.64. The fourth-order valence-electron chi connectivity index (χ4n) is 0.976. The van der Waals surface area contributed by atoms with Crippen molar-refractivity contribution in [2.24, 2.45) is 5.73 Å². The van der Waals surface area contributed by atoms with Crippen molar-refractivity contribution in [2.45, 2.75) is 6.04 Å². The van der Waals surface area contributed by atoms with Crippen molar-refractivity contribution in [1.29, 1.82) is 0 Å². The fourth-order valence-corrected chi connectivity index (χ4v) is 0.976. The van der Waals surface area contributed by atoms with Crippen molar-refractivity contribution in [3.8, 4) is 0 Å². The van der Waals surface area contributed by atoms with Crippen molar-refractivity contribution in [3.63, 3.8) is 0 Å². The van der Waals surface area contributed by atoms with Crippen LogP contribution in [0.15, 0.2) is 30.3 Å². The molecule has 68 valence electrons. The van der Waals surface area contributed by atoms with Gasteiger partial charge in [0.15, 0.2) is 0 Å². The molecule has 0 unspecified atom stereocenters. The lowest BCUT2D eigenvalue weighted by atomic mass is 10.1. The summed E-state index contributed by atoms with van der Waals surface area (Å²) in [6.45, 7) is 0.573. The summed E-state index contributed by atoms with van der Waals surface area (Å²) in [5, 5.41) is 0. The molecular formula is C9H14ClNO. The Labute approximate surface area is 79.1 Å². The minimum Gasteiger partial charge on any atom is -0.383 e. The lowest BCUT2D eigenvalue weighted by molar-refractivity contribution is 0.181. The Morgan fingerprint density at radius 3 is 2.42 bits per heavy atom. The monoisotopic (exact) mass is 187 g/mol. The third-order valence-electron chi connectivity index (χ3n) is 1.57. The first-order valence-electron chi connectivity index (χ1n) is 3.64. The molecule has 12 heavy (non-hydrogen) atoms. The SMILES string of the molecule is COC[C@H](N)c1ccccc1.Cl. The molecule has 0 aliphatic rings. The predicted molar refractivity (Wildman–Crippen MR) is 52.5 cm³/mol. The van der Waals surface area contributed by atoms with Crippen LogP contribution in [0.25, 0.3) is 0 Å². The van der Waals surface area contributed by atoms with Gasteiger partial charge in [-0.2, -0.15) is 0 Å². The normalized spacial score (nSPS) is 11.8. The second kappa shape index (κ2) is 6.00. The van der Waals surface area contributed by atoms with E-state index in [-0.39, 0.29) is 18.4 Å². The number of benzene rings is 1. The molecule has 0 aromatic heterocycles. The van der Waals surface area contributed by atoms with Crippen molar-refractivity contribution >= 4 is 12.4 Å². The zero-order valence-electron chi connectivity index (χ0n) is 7.07. The Morgan fingerprint density at radius 1 is 1.33 bits per heavy atom. The lowest BCUT2D eigenvalue weighted by Crippen LogP contribution is -2.15. The van der Waals surface area contributed by atoms with Crippen molar-refractivity contribution in [1.82, 2.24) is 0 Å². The molecule has 1 atom stereocenters. The molecule has 0 fully saturated rings. The van der Waals surface area contributed by atoms with Gasteiger partial charge in [0.1, 0.15) is 0 Å². The number of nitrogens with two attached hydrogens (primary N) is 1. The Hall–Kier alpha value is -0.570. The molecule has 0 saturated carbocycles. The standard InChI is InChI=1S/C9H13NO.ClH/c1-11-7-9(10)8-5-3-2-4-6-8;/h2-6,9H,7,10H2,1H3;1H/t9-;/m0./s1. The highest BCUT2D eigenvalue weighted by atomic mass is 35.5. The molecular weight excluding hydrogens is 174 g/mol. The van der Waals surface area contributed by atoms with Crippen LogP contribution >= 0.6 is 12.4 Å². The topological polar surface area (TPSA) is 35.2 Å². The molecule has 0 radical (unpaired) electrons. The van der Waals surface area contributed by atoms with E-state index in [0.717, 1.165) is 5.56 Å². The van der Waals surface area contributed by atoms with E-state index >= 15 is 0 Å². The second-order valence-corrected chi connectivity index (χ2v) is 2.47. The van der Waals surface area contributed by atoms with Gasteiger partial charge in [-0.25, -0.2) is 0 Å². The summed E-state index contributed by atoms with van der Waals surface area (Å²) in [6.07, 6.45) is 0. The molecule has 1 aromatic carbocycles. The number of methoxy groups -OCH3 is 1. The zero-order valence-corrected chi connectivity index (χ0v) is 7.88. The highest BCUT2D eigenvalue weighted by Crippen LogP contribution is 2.08. The summed E-state index contributed by atoms with van der Waals surface area (Å²) >= 11 is 0. The number of hydrogen-bond acceptors (Lipinski definition) is 2. The van der Waals surface area contributed by atoms with Crippen LogP contribution in [0, 0.1) is 0 Å². The van der Waals surface area contributed by atoms with Crippen LogP contribution in [0.4, 0.5) is 0 Å². The van der Waals surface area contributed by atoms with Gasteiger partial charge in [-0.15, -0.1) is 12.4 Å². The van der Waals surface area contributed by atoms with E-state index in [1.165, 1.54) is 0 Å². The van der Waals surface area contributed by atoms with Crippen molar-refractivity contribution < 1.29 is 4.74 Å². The highest BCUT2D eigenvalue weighted by Gasteiger charge is 2.02. The molecule has 0 spiro atoms. The van der Waals surface area contributed by atoms with E-state index in [2.05, 4.69) is 0 Å². The van der Waals surface area contributed by atoms with Crippen LogP contribution in [0.1, 0.15) is 11.6 Å².